The molecule has 1 fully saturated rings. The molecular weight excluding hydrogens is 522 g/mol. The minimum absolute atomic E-state index is 0.0849. The molecular formula is C25H47N9O6. The fraction of sp³-hybridized carbons (Fsp3) is 0.760. The first-order chi connectivity index (χ1) is 18.9. The standard InChI is InChI=1S/C25H47N9O6/c1-14(2)19(23(38)31-15(3)24(39)40)34-22(37)17(8-4-5-11-26)33-21(36)18(10-7-13-30-25(27)28)32-20(35)16-9-6-12-29-16/h14-19,29H,4-13,26H2,1-3H3,(H,31,38)(H,32,35)(H,33,36)(H,34,37)(H,39,40)(H4,27,28,30)/t15-,16-,17-,18-,19-/m0/s1. The lowest BCUT2D eigenvalue weighted by Crippen LogP contribution is -2.59. The summed E-state index contributed by atoms with van der Waals surface area (Å²) >= 11 is 0. The van der Waals surface area contributed by atoms with E-state index in [1.165, 1.54) is 6.92 Å². The van der Waals surface area contributed by atoms with E-state index in [-0.39, 0.29) is 37.2 Å². The lowest BCUT2D eigenvalue weighted by molar-refractivity contribution is -0.142. The molecule has 1 aliphatic heterocycles. The van der Waals surface area contributed by atoms with Gasteiger partial charge in [0.25, 0.3) is 0 Å². The number of guanidine groups is 1. The highest BCUT2D eigenvalue weighted by Gasteiger charge is 2.32. The molecule has 1 heterocycles. The average molecular weight is 570 g/mol. The number of carboxylic acid groups (broad SMARTS) is 1. The number of carbonyl (C=O) groups excluding carboxylic acids is 4. The maximum absolute atomic E-state index is 13.4. The fourth-order valence-corrected chi connectivity index (χ4v) is 4.14. The molecule has 0 spiro atoms. The van der Waals surface area contributed by atoms with Gasteiger partial charge in [0.05, 0.1) is 6.04 Å². The quantitative estimate of drug-likeness (QED) is 0.0481. The minimum Gasteiger partial charge on any atom is -0.480 e. The molecule has 0 aromatic rings. The van der Waals surface area contributed by atoms with E-state index in [2.05, 4.69) is 31.6 Å². The lowest BCUT2D eigenvalue weighted by Gasteiger charge is -2.27. The van der Waals surface area contributed by atoms with Gasteiger partial charge in [-0.1, -0.05) is 13.8 Å². The third-order valence-electron chi connectivity index (χ3n) is 6.51. The highest BCUT2D eigenvalue weighted by molar-refractivity contribution is 5.95. The van der Waals surface area contributed by atoms with Crippen LogP contribution >= 0.6 is 0 Å². The van der Waals surface area contributed by atoms with Crippen LogP contribution in [-0.2, 0) is 24.0 Å². The van der Waals surface area contributed by atoms with Crippen molar-refractivity contribution in [3.8, 4) is 0 Å². The lowest BCUT2D eigenvalue weighted by atomic mass is 10.0. The van der Waals surface area contributed by atoms with Crippen molar-refractivity contribution < 1.29 is 29.1 Å². The number of hydrogen-bond donors (Lipinski definition) is 9. The molecule has 12 N–H and O–H groups in total. The molecule has 15 nitrogen and oxygen atoms in total. The van der Waals surface area contributed by atoms with E-state index >= 15 is 0 Å². The molecule has 228 valence electrons. The van der Waals surface area contributed by atoms with Crippen molar-refractivity contribution in [2.75, 3.05) is 19.6 Å². The van der Waals surface area contributed by atoms with Crippen molar-refractivity contribution in [2.24, 2.45) is 28.1 Å². The Morgan fingerprint density at radius 3 is 2.08 bits per heavy atom. The summed E-state index contributed by atoms with van der Waals surface area (Å²) in [5.74, 6) is -3.80. The van der Waals surface area contributed by atoms with Crippen molar-refractivity contribution in [3.05, 3.63) is 0 Å². The third-order valence-corrected chi connectivity index (χ3v) is 6.51. The van der Waals surface area contributed by atoms with Crippen LogP contribution in [0.25, 0.3) is 0 Å². The van der Waals surface area contributed by atoms with Gasteiger partial charge in [0.2, 0.25) is 23.6 Å². The van der Waals surface area contributed by atoms with E-state index in [1.54, 1.807) is 13.8 Å². The van der Waals surface area contributed by atoms with Crippen molar-refractivity contribution in [2.45, 2.75) is 95.9 Å². The number of rotatable bonds is 18. The summed E-state index contributed by atoms with van der Waals surface area (Å²) in [6.45, 7) is 6.08. The predicted molar refractivity (Wildman–Crippen MR) is 150 cm³/mol. The van der Waals surface area contributed by atoms with Gasteiger partial charge in [0.15, 0.2) is 5.96 Å². The summed E-state index contributed by atoms with van der Waals surface area (Å²) in [5, 5.41) is 22.7. The summed E-state index contributed by atoms with van der Waals surface area (Å²) in [6.07, 6.45) is 3.49. The zero-order chi connectivity index (χ0) is 30.2. The molecule has 0 unspecified atom stereocenters. The summed E-state index contributed by atoms with van der Waals surface area (Å²) in [7, 11) is 0. The Bertz CT molecular complexity index is 888. The number of nitrogens with zero attached hydrogens (tertiary/aromatic N) is 1. The Labute approximate surface area is 235 Å². The highest BCUT2D eigenvalue weighted by Crippen LogP contribution is 2.10. The van der Waals surface area contributed by atoms with E-state index in [1.807, 2.05) is 0 Å². The van der Waals surface area contributed by atoms with Gasteiger partial charge < -0.3 is 48.9 Å². The topological polar surface area (TPSA) is 256 Å². The van der Waals surface area contributed by atoms with Gasteiger partial charge in [-0.25, -0.2) is 0 Å². The van der Waals surface area contributed by atoms with Crippen LogP contribution in [-0.4, -0.2) is 90.5 Å². The van der Waals surface area contributed by atoms with Gasteiger partial charge in [-0.15, -0.1) is 0 Å². The molecule has 1 saturated heterocycles. The van der Waals surface area contributed by atoms with Crippen LogP contribution in [0.2, 0.25) is 0 Å². The van der Waals surface area contributed by atoms with Crippen LogP contribution in [0.1, 0.15) is 65.7 Å². The Morgan fingerprint density at radius 2 is 1.52 bits per heavy atom. The number of hydrogen-bond acceptors (Lipinski definition) is 8. The molecule has 1 rings (SSSR count). The van der Waals surface area contributed by atoms with Crippen LogP contribution in [0.3, 0.4) is 0 Å². The van der Waals surface area contributed by atoms with Crippen LogP contribution < -0.4 is 43.8 Å². The first kappa shape index (κ1) is 34.6. The van der Waals surface area contributed by atoms with E-state index in [9.17, 15) is 24.0 Å². The van der Waals surface area contributed by atoms with Crippen LogP contribution in [0.15, 0.2) is 4.99 Å². The summed E-state index contributed by atoms with van der Waals surface area (Å²) < 4.78 is 0. The largest absolute Gasteiger partial charge is 0.480 e. The molecule has 0 bridgehead atoms. The molecule has 15 heteroatoms. The first-order valence-corrected chi connectivity index (χ1v) is 13.8. The maximum Gasteiger partial charge on any atom is 0.325 e. The van der Waals surface area contributed by atoms with Crippen molar-refractivity contribution >= 4 is 35.6 Å². The number of amides is 4. The molecule has 0 saturated carbocycles. The zero-order valence-corrected chi connectivity index (χ0v) is 23.7. The van der Waals surface area contributed by atoms with E-state index in [4.69, 9.17) is 22.3 Å². The minimum atomic E-state index is -1.21. The van der Waals surface area contributed by atoms with Crippen LogP contribution in [0.5, 0.6) is 0 Å². The molecule has 4 amide bonds. The molecule has 40 heavy (non-hydrogen) atoms. The SMILES string of the molecule is CC(C)[C@H](NC(=O)[C@H](CCCCN)NC(=O)[C@H](CCCN=C(N)N)NC(=O)[C@@H]1CCCN1)C(=O)N[C@@H](C)C(=O)O. The summed E-state index contributed by atoms with van der Waals surface area (Å²) in [4.78, 5) is 67.2. The normalized spacial score (nSPS) is 17.7. The number of aliphatic carboxylic acids is 1. The number of carboxylic acids is 1. The monoisotopic (exact) mass is 569 g/mol. The molecule has 5 atom stereocenters. The number of aliphatic imine (C=N–C) groups is 1. The Hall–Kier alpha value is -3.46. The van der Waals surface area contributed by atoms with Gasteiger partial charge in [-0.2, -0.15) is 0 Å². The average Bonchev–Trinajstić information content (AvgIpc) is 3.43. The zero-order valence-electron chi connectivity index (χ0n) is 23.7. The maximum atomic E-state index is 13.4. The fourth-order valence-electron chi connectivity index (χ4n) is 4.14. The van der Waals surface area contributed by atoms with Gasteiger partial charge in [0, 0.05) is 6.54 Å². The van der Waals surface area contributed by atoms with Crippen molar-refractivity contribution in [1.82, 2.24) is 26.6 Å². The summed E-state index contributed by atoms with van der Waals surface area (Å²) in [6, 6.07) is -4.56. The first-order valence-electron chi connectivity index (χ1n) is 13.8. The van der Waals surface area contributed by atoms with Crippen LogP contribution in [0, 0.1) is 5.92 Å². The van der Waals surface area contributed by atoms with Gasteiger partial charge in [0.1, 0.15) is 24.2 Å². The second kappa shape index (κ2) is 18.0. The van der Waals surface area contributed by atoms with Gasteiger partial charge in [-0.05, 0) is 70.9 Å². The van der Waals surface area contributed by atoms with E-state index in [0.717, 1.165) is 6.42 Å². The second-order valence-electron chi connectivity index (χ2n) is 10.3. The molecule has 1 aliphatic rings. The van der Waals surface area contributed by atoms with Crippen molar-refractivity contribution in [1.29, 1.82) is 0 Å². The Morgan fingerprint density at radius 1 is 0.900 bits per heavy atom. The number of nitrogens with one attached hydrogen (secondary N) is 5. The molecule has 0 aromatic carbocycles. The number of nitrogens with two attached hydrogens (primary N) is 3. The van der Waals surface area contributed by atoms with Gasteiger partial charge >= 0.3 is 5.97 Å². The third kappa shape index (κ3) is 12.6. The van der Waals surface area contributed by atoms with E-state index < -0.39 is 53.9 Å². The smallest absolute Gasteiger partial charge is 0.325 e. The number of unbranched alkanes of at least 4 members (excludes halogenated alkanes) is 1. The highest BCUT2D eigenvalue weighted by atomic mass is 16.4. The Balaban J connectivity index is 3.04. The van der Waals surface area contributed by atoms with Crippen molar-refractivity contribution in [3.63, 3.8) is 0 Å². The van der Waals surface area contributed by atoms with Gasteiger partial charge in [-0.3, -0.25) is 29.0 Å². The predicted octanol–water partition coefficient (Wildman–Crippen LogP) is -2.38. The van der Waals surface area contributed by atoms with E-state index in [0.29, 0.717) is 38.8 Å². The van der Waals surface area contributed by atoms with Crippen LogP contribution in [0.4, 0.5) is 0 Å². The molecule has 0 radical (unpaired) electrons. The second-order valence-corrected chi connectivity index (χ2v) is 10.3. The Kier molecular flexibility index (Phi) is 15.6. The summed E-state index contributed by atoms with van der Waals surface area (Å²) in [5.41, 5.74) is 16.3. The molecule has 0 aromatic heterocycles. The molecule has 0 aliphatic carbocycles. The number of carbonyl (C=O) groups is 5.